The Balaban J connectivity index is 1.87. The molecule has 1 aliphatic heterocycles. The van der Waals surface area contributed by atoms with Crippen LogP contribution in [0.25, 0.3) is 0 Å². The Morgan fingerprint density at radius 1 is 0.692 bits per heavy atom. The highest BCUT2D eigenvalue weighted by molar-refractivity contribution is 8.07. The van der Waals surface area contributed by atoms with Crippen molar-refractivity contribution in [2.45, 2.75) is 23.3 Å². The van der Waals surface area contributed by atoms with Gasteiger partial charge in [-0.25, -0.2) is 9.59 Å². The van der Waals surface area contributed by atoms with E-state index in [-0.39, 0.29) is 0 Å². The Hall–Kier alpha value is 0.860. The van der Waals surface area contributed by atoms with Gasteiger partial charge in [-0.1, -0.05) is 0 Å². The van der Waals surface area contributed by atoms with Crippen molar-refractivity contribution in [3.8, 4) is 0 Å². The van der Waals surface area contributed by atoms with Gasteiger partial charge in [-0.3, -0.25) is 0 Å². The summed E-state index contributed by atoms with van der Waals surface area (Å²) in [7, 11) is 0. The fraction of sp³-hybridized carbons (Fsp3) is 0.875. The molecule has 1 rings (SSSR count). The molecule has 10 heteroatoms. The zero-order valence-electron chi connectivity index (χ0n) is 14.8. The minimum Gasteiger partial charge on any atom is -0.211 e. The zero-order valence-corrected chi connectivity index (χ0v) is 19.7. The summed E-state index contributed by atoms with van der Waals surface area (Å²) in [6.07, 6.45) is 5.75. The third kappa shape index (κ3) is 14.9. The van der Waals surface area contributed by atoms with E-state index in [0.29, 0.717) is 11.8 Å². The van der Waals surface area contributed by atoms with Gasteiger partial charge in [-0.15, -0.1) is 23.5 Å². The van der Waals surface area contributed by atoms with E-state index >= 15 is 0 Å². The number of rotatable bonds is 16. The molecule has 148 valence electrons. The summed E-state index contributed by atoms with van der Waals surface area (Å²) < 4.78 is 0. The summed E-state index contributed by atoms with van der Waals surface area (Å²) in [6, 6.07) is 0. The van der Waals surface area contributed by atoms with Crippen LogP contribution in [0.4, 0.5) is 0 Å². The van der Waals surface area contributed by atoms with Gasteiger partial charge < -0.3 is 0 Å². The molecule has 1 saturated heterocycles. The molecule has 0 amide bonds. The Bertz CT molecular complexity index is 396. The average Bonchev–Trinajstić information content (AvgIpc) is 2.67. The molecular formula is C16H26N2O2S6. The van der Waals surface area contributed by atoms with Gasteiger partial charge in [0.15, 0.2) is 0 Å². The van der Waals surface area contributed by atoms with E-state index in [0.717, 1.165) is 33.5 Å². The first-order chi connectivity index (χ1) is 12.9. The minimum absolute atomic E-state index is 0.548. The molecule has 0 saturated carbocycles. The third-order valence-corrected chi connectivity index (χ3v) is 10.9. The second-order valence-corrected chi connectivity index (χ2v) is 12.6. The predicted molar refractivity (Wildman–Crippen MR) is 127 cm³/mol. The molecule has 0 radical (unpaired) electrons. The lowest BCUT2D eigenvalue weighted by Gasteiger charge is -2.27. The standard InChI is InChI=1S/C16H26N2O2S6/c19-11-17-13-23-7-5-21-3-1-15-9-26-16(10-25-15)2-4-22-6-8-24-14-18-12-20/h15-16H,1-10,13-14H2. The first-order valence-electron chi connectivity index (χ1n) is 8.48. The second kappa shape index (κ2) is 19.2. The van der Waals surface area contributed by atoms with Gasteiger partial charge in [0, 0.05) is 45.0 Å². The normalized spacial score (nSPS) is 19.5. The van der Waals surface area contributed by atoms with Crippen molar-refractivity contribution in [2.24, 2.45) is 9.98 Å². The van der Waals surface area contributed by atoms with Crippen molar-refractivity contribution >= 4 is 82.7 Å². The van der Waals surface area contributed by atoms with Gasteiger partial charge in [0.25, 0.3) is 0 Å². The Morgan fingerprint density at radius 2 is 1.12 bits per heavy atom. The van der Waals surface area contributed by atoms with E-state index in [4.69, 9.17) is 0 Å². The average molecular weight is 471 g/mol. The number of hydrogen-bond donors (Lipinski definition) is 0. The van der Waals surface area contributed by atoms with Crippen LogP contribution in [0.2, 0.25) is 0 Å². The predicted octanol–water partition coefficient (Wildman–Crippen LogP) is 4.50. The minimum atomic E-state index is 0.548. The zero-order chi connectivity index (χ0) is 18.7. The Morgan fingerprint density at radius 3 is 1.50 bits per heavy atom. The topological polar surface area (TPSA) is 58.9 Å². The summed E-state index contributed by atoms with van der Waals surface area (Å²) >= 11 is 11.8. The summed E-state index contributed by atoms with van der Waals surface area (Å²) in [5.74, 6) is 10.6. The summed E-state index contributed by atoms with van der Waals surface area (Å²) in [4.78, 5) is 27.0. The lowest BCUT2D eigenvalue weighted by Crippen LogP contribution is -2.22. The van der Waals surface area contributed by atoms with Gasteiger partial charge in [0.2, 0.25) is 12.2 Å². The number of carbonyl (C=O) groups excluding carboxylic acids is 2. The fourth-order valence-corrected chi connectivity index (χ4v) is 9.22. The van der Waals surface area contributed by atoms with E-state index in [2.05, 4.69) is 33.5 Å². The van der Waals surface area contributed by atoms with Gasteiger partial charge in [0.1, 0.15) is 0 Å². The van der Waals surface area contributed by atoms with Gasteiger partial charge in [-0.2, -0.15) is 57.0 Å². The van der Waals surface area contributed by atoms with Crippen molar-refractivity contribution in [1.82, 2.24) is 0 Å². The molecule has 0 bridgehead atoms. The van der Waals surface area contributed by atoms with Gasteiger partial charge in [-0.05, 0) is 24.3 Å². The molecule has 2 atom stereocenters. The molecule has 1 aliphatic rings. The van der Waals surface area contributed by atoms with E-state index in [1.807, 2.05) is 23.5 Å². The van der Waals surface area contributed by atoms with Crippen molar-refractivity contribution < 1.29 is 9.59 Å². The molecule has 0 N–H and O–H groups in total. The van der Waals surface area contributed by atoms with E-state index in [1.165, 1.54) is 35.9 Å². The number of aliphatic imine (C=N–C) groups is 2. The van der Waals surface area contributed by atoms with Crippen LogP contribution in [-0.4, -0.2) is 80.4 Å². The maximum Gasteiger partial charge on any atom is 0.235 e. The van der Waals surface area contributed by atoms with Crippen LogP contribution < -0.4 is 0 Å². The first kappa shape index (κ1) is 24.9. The van der Waals surface area contributed by atoms with Crippen LogP contribution in [0.3, 0.4) is 0 Å². The molecule has 0 spiro atoms. The van der Waals surface area contributed by atoms with Crippen LogP contribution in [0.15, 0.2) is 9.98 Å². The molecule has 0 aromatic carbocycles. The van der Waals surface area contributed by atoms with Crippen molar-refractivity contribution in [3.05, 3.63) is 0 Å². The second-order valence-electron chi connectivity index (χ2n) is 5.29. The van der Waals surface area contributed by atoms with Crippen molar-refractivity contribution in [1.29, 1.82) is 0 Å². The lowest BCUT2D eigenvalue weighted by molar-refractivity contribution is 0.563. The molecule has 0 aliphatic carbocycles. The maximum atomic E-state index is 9.94. The number of hydrogen-bond acceptors (Lipinski definition) is 10. The van der Waals surface area contributed by atoms with E-state index in [1.54, 1.807) is 35.7 Å². The van der Waals surface area contributed by atoms with Gasteiger partial charge in [0.05, 0.1) is 11.8 Å². The number of nitrogens with zero attached hydrogens (tertiary/aromatic N) is 2. The lowest BCUT2D eigenvalue weighted by atomic mass is 10.3. The molecule has 0 aromatic rings. The Labute approximate surface area is 182 Å². The molecule has 0 aromatic heterocycles. The maximum absolute atomic E-state index is 9.94. The third-order valence-electron chi connectivity index (χ3n) is 3.39. The smallest absolute Gasteiger partial charge is 0.211 e. The number of isocyanates is 2. The SMILES string of the molecule is O=C=NCSCCSCCC1CSC(CCSCCSCN=C=O)CS1. The first-order valence-corrected chi connectivity index (χ1v) is 15.2. The van der Waals surface area contributed by atoms with Gasteiger partial charge >= 0.3 is 0 Å². The highest BCUT2D eigenvalue weighted by Gasteiger charge is 2.21. The molecule has 1 fully saturated rings. The monoisotopic (exact) mass is 470 g/mol. The Kier molecular flexibility index (Phi) is 18.4. The summed E-state index contributed by atoms with van der Waals surface area (Å²) in [6.45, 7) is 0. The molecular weight excluding hydrogens is 445 g/mol. The highest BCUT2D eigenvalue weighted by Crippen LogP contribution is 2.34. The highest BCUT2D eigenvalue weighted by atomic mass is 32.2. The fourth-order valence-electron chi connectivity index (χ4n) is 2.06. The van der Waals surface area contributed by atoms with Crippen molar-refractivity contribution in [2.75, 3.05) is 57.8 Å². The largest absolute Gasteiger partial charge is 0.235 e. The number of thioether (sulfide) groups is 6. The van der Waals surface area contributed by atoms with Crippen LogP contribution in [0.5, 0.6) is 0 Å². The molecule has 1 heterocycles. The van der Waals surface area contributed by atoms with Crippen LogP contribution >= 0.6 is 70.6 Å². The molecule has 2 unspecified atom stereocenters. The summed E-state index contributed by atoms with van der Waals surface area (Å²) in [5.41, 5.74) is 0. The quantitative estimate of drug-likeness (QED) is 0.186. The van der Waals surface area contributed by atoms with Crippen LogP contribution in [0, 0.1) is 0 Å². The molecule has 26 heavy (non-hydrogen) atoms. The van der Waals surface area contributed by atoms with E-state index < -0.39 is 0 Å². The summed E-state index contributed by atoms with van der Waals surface area (Å²) in [5, 5.41) is 1.64. The van der Waals surface area contributed by atoms with Crippen LogP contribution in [-0.2, 0) is 9.59 Å². The van der Waals surface area contributed by atoms with Crippen LogP contribution in [0.1, 0.15) is 12.8 Å². The van der Waals surface area contributed by atoms with E-state index in [9.17, 15) is 9.59 Å². The van der Waals surface area contributed by atoms with Crippen molar-refractivity contribution in [3.63, 3.8) is 0 Å². The molecule has 4 nitrogen and oxygen atoms in total.